The summed E-state index contributed by atoms with van der Waals surface area (Å²) in [7, 11) is 0. The molecule has 0 spiro atoms. The van der Waals surface area contributed by atoms with E-state index in [2.05, 4.69) is 121 Å². The predicted octanol–water partition coefficient (Wildman–Crippen LogP) is 8.52. The largest absolute Gasteiger partial charge is 0.380 e. The van der Waals surface area contributed by atoms with Crippen LogP contribution in [0.4, 0.5) is 5.69 Å². The predicted molar refractivity (Wildman–Crippen MR) is 145 cm³/mol. The maximum absolute atomic E-state index is 5.19. The Morgan fingerprint density at radius 2 is 1.38 bits per heavy atom. The molecule has 1 N–H and O–H groups in total. The number of para-hydroxylation sites is 2. The van der Waals surface area contributed by atoms with Crippen LogP contribution in [-0.4, -0.2) is 4.98 Å². The number of benzene rings is 4. The summed E-state index contributed by atoms with van der Waals surface area (Å²) < 4.78 is 0. The molecule has 0 fully saturated rings. The van der Waals surface area contributed by atoms with E-state index in [0.717, 1.165) is 42.7 Å². The van der Waals surface area contributed by atoms with Crippen LogP contribution >= 0.6 is 0 Å². The van der Waals surface area contributed by atoms with Gasteiger partial charge in [0.25, 0.3) is 0 Å². The van der Waals surface area contributed by atoms with Gasteiger partial charge < -0.3 is 5.32 Å². The number of unbranched alkanes of at least 4 members (excludes halogenated alkanes) is 1. The van der Waals surface area contributed by atoms with Gasteiger partial charge in [-0.1, -0.05) is 110 Å². The fourth-order valence-electron chi connectivity index (χ4n) is 4.64. The van der Waals surface area contributed by atoms with Gasteiger partial charge in [0.1, 0.15) is 0 Å². The molecule has 2 nitrogen and oxygen atoms in total. The topological polar surface area (TPSA) is 24.9 Å². The Bertz CT molecular complexity index is 1370. The van der Waals surface area contributed by atoms with E-state index in [0.29, 0.717) is 0 Å². The van der Waals surface area contributed by atoms with E-state index in [4.69, 9.17) is 4.98 Å². The third-order valence-corrected chi connectivity index (χ3v) is 6.34. The van der Waals surface area contributed by atoms with Gasteiger partial charge in [-0.3, -0.25) is 0 Å². The summed E-state index contributed by atoms with van der Waals surface area (Å²) in [4.78, 5) is 5.19. The van der Waals surface area contributed by atoms with Crippen molar-refractivity contribution in [1.29, 1.82) is 0 Å². The molecule has 0 saturated carbocycles. The Morgan fingerprint density at radius 1 is 0.706 bits per heavy atom. The molecule has 0 aliphatic carbocycles. The average Bonchev–Trinajstić information content (AvgIpc) is 2.91. The van der Waals surface area contributed by atoms with E-state index in [9.17, 15) is 0 Å². The molecule has 5 rings (SSSR count). The monoisotopic (exact) mass is 442 g/mol. The summed E-state index contributed by atoms with van der Waals surface area (Å²) in [6, 6.07) is 38.5. The molecule has 1 aromatic heterocycles. The second kappa shape index (κ2) is 10.4. The minimum Gasteiger partial charge on any atom is -0.380 e. The zero-order valence-electron chi connectivity index (χ0n) is 19.7. The van der Waals surface area contributed by atoms with Gasteiger partial charge in [0.15, 0.2) is 0 Å². The molecular weight excluding hydrogens is 412 g/mol. The Hall–Kier alpha value is -3.91. The fraction of sp³-hybridized carbons (Fsp3) is 0.156. The highest BCUT2D eigenvalue weighted by Gasteiger charge is 2.19. The highest BCUT2D eigenvalue weighted by Crippen LogP contribution is 2.40. The minimum absolute atomic E-state index is 0.788. The van der Waals surface area contributed by atoms with Gasteiger partial charge in [0.2, 0.25) is 0 Å². The van der Waals surface area contributed by atoms with Crippen molar-refractivity contribution in [2.75, 3.05) is 5.32 Å². The minimum atomic E-state index is 0.788. The van der Waals surface area contributed by atoms with Crippen LogP contribution in [0.3, 0.4) is 0 Å². The second-order valence-corrected chi connectivity index (χ2v) is 8.69. The van der Waals surface area contributed by atoms with Gasteiger partial charge in [0, 0.05) is 28.7 Å². The molecule has 0 atom stereocenters. The van der Waals surface area contributed by atoms with Crippen molar-refractivity contribution in [3.05, 3.63) is 120 Å². The normalized spacial score (nSPS) is 11.0. The van der Waals surface area contributed by atoms with Gasteiger partial charge in [0.05, 0.1) is 11.2 Å². The van der Waals surface area contributed by atoms with Crippen molar-refractivity contribution in [2.45, 2.75) is 32.7 Å². The zero-order valence-corrected chi connectivity index (χ0v) is 19.7. The van der Waals surface area contributed by atoms with Crippen molar-refractivity contribution >= 4 is 16.6 Å². The number of anilines is 1. The number of hydrogen-bond donors (Lipinski definition) is 1. The van der Waals surface area contributed by atoms with Crippen LogP contribution in [0.25, 0.3) is 33.3 Å². The van der Waals surface area contributed by atoms with E-state index in [1.165, 1.54) is 33.2 Å². The smallest absolute Gasteiger partial charge is 0.0747 e. The number of nitrogens with zero attached hydrogens (tertiary/aromatic N) is 1. The van der Waals surface area contributed by atoms with E-state index in [1.54, 1.807) is 0 Å². The van der Waals surface area contributed by atoms with Crippen LogP contribution in [0.2, 0.25) is 0 Å². The number of rotatable bonds is 8. The highest BCUT2D eigenvalue weighted by molar-refractivity contribution is 6.02. The molecule has 168 valence electrons. The molecule has 0 aliphatic rings. The maximum atomic E-state index is 5.19. The van der Waals surface area contributed by atoms with Gasteiger partial charge in [-0.25, -0.2) is 4.98 Å². The standard InChI is InChI=1S/C32H30N2/c1-2-3-18-28-31(26-19-10-12-21-29(26)33-23-24-14-6-4-7-15-24)27-20-11-13-22-30(27)34-32(28)25-16-8-5-9-17-25/h4-17,19-22,33H,2-3,18,23H2,1H3. The summed E-state index contributed by atoms with van der Waals surface area (Å²) >= 11 is 0. The van der Waals surface area contributed by atoms with Crippen LogP contribution in [0.5, 0.6) is 0 Å². The number of fused-ring (bicyclic) bond motifs is 1. The van der Waals surface area contributed by atoms with Crippen molar-refractivity contribution in [3.63, 3.8) is 0 Å². The molecule has 1 heterocycles. The van der Waals surface area contributed by atoms with E-state index in [1.807, 2.05) is 0 Å². The lowest BCUT2D eigenvalue weighted by Gasteiger charge is -2.20. The van der Waals surface area contributed by atoms with Crippen LogP contribution in [-0.2, 0) is 13.0 Å². The molecule has 0 amide bonds. The lowest BCUT2D eigenvalue weighted by atomic mass is 9.88. The summed E-state index contributed by atoms with van der Waals surface area (Å²) in [6.07, 6.45) is 3.28. The van der Waals surface area contributed by atoms with Crippen molar-refractivity contribution in [1.82, 2.24) is 4.98 Å². The number of pyridine rings is 1. The number of nitrogens with one attached hydrogen (secondary N) is 1. The first-order valence-corrected chi connectivity index (χ1v) is 12.2. The molecule has 0 aliphatic heterocycles. The van der Waals surface area contributed by atoms with E-state index >= 15 is 0 Å². The van der Waals surface area contributed by atoms with E-state index in [-0.39, 0.29) is 0 Å². The van der Waals surface area contributed by atoms with Crippen LogP contribution in [0.15, 0.2) is 109 Å². The Labute approximate surface area is 202 Å². The quantitative estimate of drug-likeness (QED) is 0.260. The molecule has 34 heavy (non-hydrogen) atoms. The van der Waals surface area contributed by atoms with Crippen molar-refractivity contribution < 1.29 is 0 Å². The highest BCUT2D eigenvalue weighted by atomic mass is 14.9. The van der Waals surface area contributed by atoms with Gasteiger partial charge in [-0.2, -0.15) is 0 Å². The molecule has 2 heteroatoms. The summed E-state index contributed by atoms with van der Waals surface area (Å²) in [5.74, 6) is 0. The van der Waals surface area contributed by atoms with Crippen molar-refractivity contribution in [3.8, 4) is 22.4 Å². The summed E-state index contributed by atoms with van der Waals surface area (Å²) in [5.41, 5.74) is 9.60. The number of aromatic nitrogens is 1. The molecule has 0 unspecified atom stereocenters. The fourth-order valence-corrected chi connectivity index (χ4v) is 4.64. The van der Waals surface area contributed by atoms with Crippen LogP contribution < -0.4 is 5.32 Å². The summed E-state index contributed by atoms with van der Waals surface area (Å²) in [6.45, 7) is 3.04. The van der Waals surface area contributed by atoms with Gasteiger partial charge in [-0.05, 0) is 41.7 Å². The van der Waals surface area contributed by atoms with Gasteiger partial charge >= 0.3 is 0 Å². The lowest BCUT2D eigenvalue weighted by Crippen LogP contribution is -2.04. The number of hydrogen-bond acceptors (Lipinski definition) is 2. The third-order valence-electron chi connectivity index (χ3n) is 6.34. The molecule has 0 radical (unpaired) electrons. The van der Waals surface area contributed by atoms with Crippen molar-refractivity contribution in [2.24, 2.45) is 0 Å². The first-order chi connectivity index (χ1) is 16.8. The molecule has 4 aromatic carbocycles. The second-order valence-electron chi connectivity index (χ2n) is 8.69. The molecule has 0 saturated heterocycles. The SMILES string of the molecule is CCCCc1c(-c2ccccc2)nc2ccccc2c1-c1ccccc1NCc1ccccc1. The van der Waals surface area contributed by atoms with Gasteiger partial charge in [-0.15, -0.1) is 0 Å². The summed E-state index contributed by atoms with van der Waals surface area (Å²) in [5, 5.41) is 4.93. The molecule has 0 bridgehead atoms. The Kier molecular flexibility index (Phi) is 6.67. The first kappa shape index (κ1) is 21.9. The van der Waals surface area contributed by atoms with Crippen LogP contribution in [0, 0.1) is 0 Å². The first-order valence-electron chi connectivity index (χ1n) is 12.2. The van der Waals surface area contributed by atoms with Crippen LogP contribution in [0.1, 0.15) is 30.9 Å². The lowest BCUT2D eigenvalue weighted by molar-refractivity contribution is 0.796. The molecular formula is C32H30N2. The zero-order chi connectivity index (χ0) is 23.2. The Balaban J connectivity index is 1.72. The van der Waals surface area contributed by atoms with E-state index < -0.39 is 0 Å². The average molecular weight is 443 g/mol. The third kappa shape index (κ3) is 4.58. The maximum Gasteiger partial charge on any atom is 0.0747 e. The molecule has 5 aromatic rings. The Morgan fingerprint density at radius 3 is 2.18 bits per heavy atom.